The molecule has 1 aliphatic heterocycles. The predicted molar refractivity (Wildman–Crippen MR) is 143 cm³/mol. The Morgan fingerprint density at radius 1 is 1.18 bits per heavy atom. The lowest BCUT2D eigenvalue weighted by Gasteiger charge is -2.45. The van der Waals surface area contributed by atoms with E-state index in [0.717, 1.165) is 35.4 Å². The number of hydrogen-bond acceptors (Lipinski definition) is 4. The Hall–Kier alpha value is -2.89. The summed E-state index contributed by atoms with van der Waals surface area (Å²) in [4.78, 5) is 8.57. The van der Waals surface area contributed by atoms with Crippen molar-refractivity contribution in [2.24, 2.45) is 5.92 Å². The number of aryl methyl sites for hydroxylation is 1. The van der Waals surface area contributed by atoms with E-state index in [2.05, 4.69) is 49.1 Å². The topological polar surface area (TPSA) is 60.4 Å². The maximum absolute atomic E-state index is 8.92. The maximum Gasteiger partial charge on any atom is 0.172 e. The molecule has 0 bridgehead atoms. The Morgan fingerprint density at radius 2 is 1.88 bits per heavy atom. The number of amidine groups is 1. The van der Waals surface area contributed by atoms with Crippen molar-refractivity contribution in [2.45, 2.75) is 46.6 Å². The molecular formula is C27H32Cl2N4O. The van der Waals surface area contributed by atoms with E-state index < -0.39 is 0 Å². The molecule has 1 saturated heterocycles. The molecule has 1 fully saturated rings. The molecule has 0 spiro atoms. The number of hydroxylamine groups is 2. The molecular weight excluding hydrogens is 467 g/mol. The molecule has 5 nitrogen and oxygen atoms in total. The number of nitrogens with one attached hydrogen (secondary N) is 3. The van der Waals surface area contributed by atoms with Gasteiger partial charge in [-0.2, -0.15) is 5.06 Å². The first-order chi connectivity index (χ1) is 16.4. The minimum Gasteiger partial charge on any atom is -0.376 e. The van der Waals surface area contributed by atoms with E-state index in [4.69, 9.17) is 33.6 Å². The van der Waals surface area contributed by atoms with Gasteiger partial charge in [0.15, 0.2) is 11.6 Å². The van der Waals surface area contributed by atoms with Crippen molar-refractivity contribution in [3.05, 3.63) is 100 Å². The molecule has 0 radical (unpaired) electrons. The lowest BCUT2D eigenvalue weighted by molar-refractivity contribution is -0.0929. The highest BCUT2D eigenvalue weighted by Gasteiger charge is 2.45. The minimum atomic E-state index is -0.281. The van der Waals surface area contributed by atoms with Gasteiger partial charge >= 0.3 is 0 Å². The van der Waals surface area contributed by atoms with Crippen molar-refractivity contribution in [1.82, 2.24) is 9.90 Å². The zero-order valence-electron chi connectivity index (χ0n) is 20.0. The highest BCUT2D eigenvalue weighted by molar-refractivity contribution is 6.30. The minimum absolute atomic E-state index is 0.164. The summed E-state index contributed by atoms with van der Waals surface area (Å²) >= 11 is 11.8. The van der Waals surface area contributed by atoms with Gasteiger partial charge in [-0.05, 0) is 54.7 Å². The van der Waals surface area contributed by atoms with Gasteiger partial charge in [-0.15, -0.1) is 0 Å². The Bertz CT molecular complexity index is 1090. The van der Waals surface area contributed by atoms with Crippen LogP contribution in [0, 0.1) is 11.3 Å². The van der Waals surface area contributed by atoms with Crippen LogP contribution >= 0.6 is 23.4 Å². The van der Waals surface area contributed by atoms with E-state index in [-0.39, 0.29) is 12.0 Å². The van der Waals surface area contributed by atoms with Crippen molar-refractivity contribution in [3.63, 3.8) is 0 Å². The van der Waals surface area contributed by atoms with E-state index >= 15 is 0 Å². The molecule has 0 saturated carbocycles. The normalized spacial score (nSPS) is 17.7. The van der Waals surface area contributed by atoms with Crippen LogP contribution in [0.3, 0.4) is 0 Å². The molecule has 180 valence electrons. The fourth-order valence-electron chi connectivity index (χ4n) is 3.98. The number of benzene rings is 2. The van der Waals surface area contributed by atoms with Crippen molar-refractivity contribution in [1.29, 1.82) is 5.41 Å². The van der Waals surface area contributed by atoms with E-state index in [1.165, 1.54) is 11.8 Å². The highest BCUT2D eigenvalue weighted by Crippen LogP contribution is 2.44. The Labute approximate surface area is 212 Å². The summed E-state index contributed by atoms with van der Waals surface area (Å²) < 4.78 is 0. The van der Waals surface area contributed by atoms with Crippen LogP contribution in [0.4, 0.5) is 5.69 Å². The number of para-hydroxylation sites is 1. The number of nitrogens with zero attached hydrogens (tertiary/aromatic N) is 1. The molecule has 1 unspecified atom stereocenters. The third-order valence-electron chi connectivity index (χ3n) is 5.57. The second-order valence-corrected chi connectivity index (χ2v) is 9.04. The van der Waals surface area contributed by atoms with Crippen LogP contribution in [0.15, 0.2) is 83.9 Å². The average molecular weight is 499 g/mol. The van der Waals surface area contributed by atoms with Crippen LogP contribution < -0.4 is 10.2 Å². The zero-order chi connectivity index (χ0) is 24.7. The zero-order valence-corrected chi connectivity index (χ0v) is 21.5. The summed E-state index contributed by atoms with van der Waals surface area (Å²) in [5.74, 6) is 0.957. The third kappa shape index (κ3) is 5.78. The van der Waals surface area contributed by atoms with Crippen LogP contribution in [0.25, 0.3) is 0 Å². The van der Waals surface area contributed by atoms with Gasteiger partial charge < -0.3 is 15.0 Å². The summed E-state index contributed by atoms with van der Waals surface area (Å²) in [6, 6.07) is 15.7. The number of rotatable bonds is 10. The molecule has 0 aliphatic carbocycles. The van der Waals surface area contributed by atoms with Gasteiger partial charge in [0.25, 0.3) is 0 Å². The van der Waals surface area contributed by atoms with Gasteiger partial charge in [-0.25, -0.2) is 0 Å². The van der Waals surface area contributed by atoms with Gasteiger partial charge in [0, 0.05) is 33.8 Å². The monoisotopic (exact) mass is 498 g/mol. The Balaban J connectivity index is 2.07. The Morgan fingerprint density at radius 3 is 2.50 bits per heavy atom. The van der Waals surface area contributed by atoms with Crippen molar-refractivity contribution in [3.8, 4) is 0 Å². The summed E-state index contributed by atoms with van der Waals surface area (Å²) in [6.07, 6.45) is 7.22. The molecule has 3 N–H and O–H groups in total. The van der Waals surface area contributed by atoms with Crippen LogP contribution in [0.5, 0.6) is 0 Å². The van der Waals surface area contributed by atoms with E-state index in [1.807, 2.05) is 43.3 Å². The van der Waals surface area contributed by atoms with Crippen LogP contribution in [-0.2, 0) is 11.3 Å². The van der Waals surface area contributed by atoms with E-state index in [0.29, 0.717) is 16.6 Å². The predicted octanol–water partition coefficient (Wildman–Crippen LogP) is 7.74. The smallest absolute Gasteiger partial charge is 0.172 e. The molecule has 1 heterocycles. The fraction of sp³-hybridized carbons (Fsp3) is 0.296. The largest absolute Gasteiger partial charge is 0.376 e. The standard InChI is InChI=1S/C27H32Cl2N4O/c1-5-9-19-11-7-8-12-23(19)32-25(18(3)4)24-26(20-13-15-21(28)16-14-20)33(27(24)30)34-22(10-6-2)17-31-29/h6-8,10-18,26,30-32H,5,9H2,1-4H3/b10-6-,22-17-,25-24-,30-27?. The number of allylic oxidation sites excluding steroid dienone is 3. The lowest BCUT2D eigenvalue weighted by Crippen LogP contribution is -2.49. The van der Waals surface area contributed by atoms with Gasteiger partial charge in [0.05, 0.1) is 6.20 Å². The molecule has 0 aromatic heterocycles. The first kappa shape index (κ1) is 25.7. The molecule has 0 amide bonds. The van der Waals surface area contributed by atoms with Crippen molar-refractivity contribution in [2.75, 3.05) is 5.32 Å². The van der Waals surface area contributed by atoms with Gasteiger partial charge in [-0.1, -0.05) is 75.2 Å². The maximum atomic E-state index is 8.92. The fourth-order valence-corrected chi connectivity index (χ4v) is 4.22. The van der Waals surface area contributed by atoms with Crippen LogP contribution in [-0.4, -0.2) is 10.9 Å². The first-order valence-corrected chi connectivity index (χ1v) is 12.3. The summed E-state index contributed by atoms with van der Waals surface area (Å²) in [6.45, 7) is 8.34. The molecule has 34 heavy (non-hydrogen) atoms. The Kier molecular flexibility index (Phi) is 9.08. The molecule has 1 atom stereocenters. The number of hydrogen-bond donors (Lipinski definition) is 3. The summed E-state index contributed by atoms with van der Waals surface area (Å²) in [5.41, 5.74) is 5.21. The van der Waals surface area contributed by atoms with Gasteiger partial charge in [-0.3, -0.25) is 5.41 Å². The SMILES string of the molecule is C/C=C\C(=C\NCl)ON1C(=N)/C(=C(\Nc2ccccc2CCC)C(C)C)C1c1ccc(Cl)cc1. The average Bonchev–Trinajstić information content (AvgIpc) is 2.82. The second kappa shape index (κ2) is 12.0. The number of halogens is 2. The summed E-state index contributed by atoms with van der Waals surface area (Å²) in [5, 5.41) is 14.8. The lowest BCUT2D eigenvalue weighted by atomic mass is 9.85. The van der Waals surface area contributed by atoms with Crippen LogP contribution in [0.2, 0.25) is 5.02 Å². The van der Waals surface area contributed by atoms with E-state index in [9.17, 15) is 0 Å². The molecule has 7 heteroatoms. The summed E-state index contributed by atoms with van der Waals surface area (Å²) in [7, 11) is 0. The van der Waals surface area contributed by atoms with Crippen molar-refractivity contribution < 1.29 is 4.84 Å². The van der Waals surface area contributed by atoms with Gasteiger partial charge in [0.2, 0.25) is 0 Å². The quantitative estimate of drug-likeness (QED) is 0.178. The van der Waals surface area contributed by atoms with E-state index in [1.54, 1.807) is 11.1 Å². The highest BCUT2D eigenvalue weighted by atomic mass is 35.5. The van der Waals surface area contributed by atoms with Crippen LogP contribution in [0.1, 0.15) is 51.3 Å². The molecule has 2 aromatic carbocycles. The first-order valence-electron chi connectivity index (χ1n) is 11.5. The molecule has 1 aliphatic rings. The number of anilines is 1. The second-order valence-electron chi connectivity index (χ2n) is 8.39. The molecule has 2 aromatic rings. The molecule has 3 rings (SSSR count). The third-order valence-corrected chi connectivity index (χ3v) is 5.94. The van der Waals surface area contributed by atoms with Crippen molar-refractivity contribution >= 4 is 34.9 Å². The van der Waals surface area contributed by atoms with Gasteiger partial charge in [0.1, 0.15) is 6.04 Å².